The highest BCUT2D eigenvalue weighted by atomic mass is 32.2. The van der Waals surface area contributed by atoms with Crippen molar-refractivity contribution in [1.82, 2.24) is 9.29 Å². The first-order valence-corrected chi connectivity index (χ1v) is 14.8. The number of carbonyl (C=O) groups excluding carboxylic acids is 1. The molecule has 0 N–H and O–H groups in total. The molecule has 3 heterocycles. The van der Waals surface area contributed by atoms with Crippen LogP contribution in [0.15, 0.2) is 64.2 Å². The van der Waals surface area contributed by atoms with Gasteiger partial charge in [0, 0.05) is 6.54 Å². The molecule has 1 fully saturated rings. The zero-order chi connectivity index (χ0) is 24.6. The monoisotopic (exact) mass is 525 g/mol. The summed E-state index contributed by atoms with van der Waals surface area (Å²) in [4.78, 5) is 20.7. The fourth-order valence-electron chi connectivity index (χ4n) is 4.51. The van der Waals surface area contributed by atoms with Crippen LogP contribution in [0.1, 0.15) is 36.0 Å². The maximum atomic E-state index is 14.2. The van der Waals surface area contributed by atoms with Crippen LogP contribution in [0.3, 0.4) is 0 Å². The van der Waals surface area contributed by atoms with Crippen molar-refractivity contribution in [2.24, 2.45) is 0 Å². The molecular weight excluding hydrogens is 499 g/mol. The molecule has 1 aliphatic rings. The van der Waals surface area contributed by atoms with Gasteiger partial charge < -0.3 is 0 Å². The van der Waals surface area contributed by atoms with Crippen LogP contribution in [-0.2, 0) is 21.4 Å². The molecule has 9 heteroatoms. The minimum atomic E-state index is -3.75. The summed E-state index contributed by atoms with van der Waals surface area (Å²) >= 11 is 2.68. The summed E-state index contributed by atoms with van der Waals surface area (Å²) in [6.45, 7) is 4.74. The van der Waals surface area contributed by atoms with Crippen molar-refractivity contribution < 1.29 is 13.2 Å². The number of thiophene rings is 1. The quantitative estimate of drug-likeness (QED) is 0.321. The van der Waals surface area contributed by atoms with Gasteiger partial charge >= 0.3 is 0 Å². The van der Waals surface area contributed by atoms with Crippen molar-refractivity contribution in [1.29, 1.82) is 0 Å². The first kappa shape index (κ1) is 24.1. The molecule has 1 amide bonds. The zero-order valence-corrected chi connectivity index (χ0v) is 22.1. The standard InChI is InChI=1S/C26H27N3O3S3/c1-18-13-14-19(2)24-23(18)27-26(34-24)28(17-20-9-4-3-5-10-20)25(30)21-11-6-7-15-29(21)35(31,32)22-12-8-16-33-22/h3-5,8-10,12-14,16,21H,6-7,11,15,17H2,1-2H3. The van der Waals surface area contributed by atoms with Gasteiger partial charge in [0.1, 0.15) is 10.3 Å². The maximum absolute atomic E-state index is 14.2. The summed E-state index contributed by atoms with van der Waals surface area (Å²) in [7, 11) is -3.75. The first-order valence-electron chi connectivity index (χ1n) is 11.6. The highest BCUT2D eigenvalue weighted by molar-refractivity contribution is 7.91. The Morgan fingerprint density at radius 3 is 2.54 bits per heavy atom. The summed E-state index contributed by atoms with van der Waals surface area (Å²) in [5.41, 5.74) is 4.03. The molecule has 182 valence electrons. The molecule has 1 aliphatic heterocycles. The number of piperidine rings is 1. The number of benzene rings is 2. The Morgan fingerprint density at radius 2 is 1.83 bits per heavy atom. The number of rotatable bonds is 6. The molecule has 1 atom stereocenters. The van der Waals surface area contributed by atoms with Crippen molar-refractivity contribution >= 4 is 54.0 Å². The number of hydrogen-bond donors (Lipinski definition) is 0. The van der Waals surface area contributed by atoms with Gasteiger partial charge in [0.15, 0.2) is 5.13 Å². The number of thiazole rings is 1. The predicted octanol–water partition coefficient (Wildman–Crippen LogP) is 5.75. The number of aryl methyl sites for hydroxylation is 2. The third kappa shape index (κ3) is 4.65. The molecule has 0 bridgehead atoms. The topological polar surface area (TPSA) is 70.6 Å². The van der Waals surface area contributed by atoms with Crippen LogP contribution in [0.25, 0.3) is 10.2 Å². The summed E-state index contributed by atoms with van der Waals surface area (Å²) in [5, 5.41) is 2.35. The Bertz CT molecular complexity index is 1410. The van der Waals surface area contributed by atoms with Crippen molar-refractivity contribution in [3.63, 3.8) is 0 Å². The van der Waals surface area contributed by atoms with E-state index in [2.05, 4.69) is 6.07 Å². The number of carbonyl (C=O) groups is 1. The minimum absolute atomic E-state index is 0.219. The summed E-state index contributed by atoms with van der Waals surface area (Å²) in [6.07, 6.45) is 2.05. The number of anilines is 1. The lowest BCUT2D eigenvalue weighted by atomic mass is 10.0. The van der Waals surface area contributed by atoms with Crippen LogP contribution in [0.4, 0.5) is 5.13 Å². The van der Waals surface area contributed by atoms with E-state index >= 15 is 0 Å². The largest absolute Gasteiger partial charge is 0.282 e. The summed E-state index contributed by atoms with van der Waals surface area (Å²) in [6, 6.07) is 16.5. The highest BCUT2D eigenvalue weighted by Gasteiger charge is 2.40. The van der Waals surface area contributed by atoms with Crippen LogP contribution >= 0.6 is 22.7 Å². The Balaban J connectivity index is 1.57. The molecule has 0 radical (unpaired) electrons. The van der Waals surface area contributed by atoms with E-state index in [0.29, 0.717) is 24.6 Å². The molecule has 2 aromatic heterocycles. The van der Waals surface area contributed by atoms with Gasteiger partial charge in [-0.05, 0) is 54.8 Å². The highest BCUT2D eigenvalue weighted by Crippen LogP contribution is 2.36. The Morgan fingerprint density at radius 1 is 1.06 bits per heavy atom. The Kier molecular flexibility index (Phi) is 6.76. The first-order chi connectivity index (χ1) is 16.9. The van der Waals surface area contributed by atoms with Crippen molar-refractivity contribution in [2.75, 3.05) is 11.4 Å². The zero-order valence-electron chi connectivity index (χ0n) is 19.7. The molecule has 0 spiro atoms. The van der Waals surface area contributed by atoms with Gasteiger partial charge in [-0.1, -0.05) is 66.3 Å². The molecule has 1 unspecified atom stereocenters. The lowest BCUT2D eigenvalue weighted by Gasteiger charge is -2.36. The van der Waals surface area contributed by atoms with E-state index in [9.17, 15) is 13.2 Å². The minimum Gasteiger partial charge on any atom is -0.282 e. The average Bonchev–Trinajstić information content (AvgIpc) is 3.57. The molecule has 35 heavy (non-hydrogen) atoms. The van der Waals surface area contributed by atoms with Crippen LogP contribution in [0, 0.1) is 13.8 Å². The van der Waals surface area contributed by atoms with E-state index < -0.39 is 16.1 Å². The Labute approximate surface area is 213 Å². The maximum Gasteiger partial charge on any atom is 0.253 e. The second kappa shape index (κ2) is 9.81. The van der Waals surface area contributed by atoms with E-state index in [-0.39, 0.29) is 10.1 Å². The van der Waals surface area contributed by atoms with Gasteiger partial charge in [0.2, 0.25) is 5.91 Å². The molecule has 0 saturated carbocycles. The van der Waals surface area contributed by atoms with E-state index in [0.717, 1.165) is 39.7 Å². The smallest absolute Gasteiger partial charge is 0.253 e. The van der Waals surface area contributed by atoms with Crippen LogP contribution in [-0.4, -0.2) is 36.2 Å². The van der Waals surface area contributed by atoms with Gasteiger partial charge in [-0.2, -0.15) is 4.31 Å². The summed E-state index contributed by atoms with van der Waals surface area (Å²) in [5.74, 6) is -0.219. The third-order valence-corrected chi connectivity index (χ3v) is 10.9. The number of aromatic nitrogens is 1. The number of nitrogens with zero attached hydrogens (tertiary/aromatic N) is 3. The molecule has 6 nitrogen and oxygen atoms in total. The summed E-state index contributed by atoms with van der Waals surface area (Å²) < 4.78 is 29.7. The number of amides is 1. The molecule has 1 saturated heterocycles. The van der Waals surface area contributed by atoms with Crippen LogP contribution in [0.5, 0.6) is 0 Å². The lowest BCUT2D eigenvalue weighted by molar-refractivity contribution is -0.123. The molecule has 0 aliphatic carbocycles. The van der Waals surface area contributed by atoms with Crippen molar-refractivity contribution in [3.8, 4) is 0 Å². The van der Waals surface area contributed by atoms with Gasteiger partial charge in [-0.15, -0.1) is 11.3 Å². The van der Waals surface area contributed by atoms with Crippen LogP contribution < -0.4 is 4.90 Å². The second-order valence-corrected chi connectivity index (χ2v) is 12.9. The van der Waals surface area contributed by atoms with Crippen molar-refractivity contribution in [3.05, 3.63) is 76.7 Å². The van der Waals surface area contributed by atoms with E-state index in [1.54, 1.807) is 22.4 Å². The molecule has 5 rings (SSSR count). The molecule has 4 aromatic rings. The molecular formula is C26H27N3O3S3. The van der Waals surface area contributed by atoms with E-state index in [1.165, 1.54) is 27.0 Å². The lowest BCUT2D eigenvalue weighted by Crippen LogP contribution is -2.52. The van der Waals surface area contributed by atoms with Gasteiger partial charge in [0.25, 0.3) is 10.0 Å². The fourth-order valence-corrected chi connectivity index (χ4v) is 8.40. The van der Waals surface area contributed by atoms with Gasteiger partial charge in [0.05, 0.1) is 16.8 Å². The Hall–Kier alpha value is -2.59. The number of hydrogen-bond acceptors (Lipinski definition) is 6. The average molecular weight is 526 g/mol. The number of fused-ring (bicyclic) bond motifs is 1. The third-order valence-electron chi connectivity index (χ3n) is 6.41. The van der Waals surface area contributed by atoms with Crippen LogP contribution in [0.2, 0.25) is 0 Å². The van der Waals surface area contributed by atoms with E-state index in [4.69, 9.17) is 4.98 Å². The normalized spacial score (nSPS) is 17.0. The van der Waals surface area contributed by atoms with Gasteiger partial charge in [-0.3, -0.25) is 9.69 Å². The fraction of sp³-hybridized carbons (Fsp3) is 0.308. The van der Waals surface area contributed by atoms with Crippen molar-refractivity contribution in [2.45, 2.75) is 49.9 Å². The van der Waals surface area contributed by atoms with Gasteiger partial charge in [-0.25, -0.2) is 13.4 Å². The van der Waals surface area contributed by atoms with E-state index in [1.807, 2.05) is 50.2 Å². The SMILES string of the molecule is Cc1ccc(C)c2sc(N(Cc3ccccc3)C(=O)C3CCCCN3S(=O)(=O)c3cccs3)nc12. The molecule has 2 aromatic carbocycles. The second-order valence-electron chi connectivity index (χ2n) is 8.84. The number of sulfonamides is 1. The predicted molar refractivity (Wildman–Crippen MR) is 143 cm³/mol.